The van der Waals surface area contributed by atoms with Gasteiger partial charge >= 0.3 is 11.9 Å². The first-order chi connectivity index (χ1) is 28.7. The number of ether oxygens (including phenoxy) is 4. The van der Waals surface area contributed by atoms with Crippen LogP contribution in [0.1, 0.15) is 129 Å². The minimum atomic E-state index is -2.43. The molecule has 14 nitrogen and oxygen atoms in total. The van der Waals surface area contributed by atoms with Crippen molar-refractivity contribution in [1.29, 1.82) is 0 Å². The topological polar surface area (TPSA) is 227 Å². The number of hydrogen-bond donors (Lipinski definition) is 6. The molecule has 2 saturated carbocycles. The van der Waals surface area contributed by atoms with Crippen molar-refractivity contribution in [1.82, 2.24) is 0 Å². The molecule has 2 aliphatic heterocycles. The van der Waals surface area contributed by atoms with Crippen molar-refractivity contribution in [3.8, 4) is 34.1 Å². The summed E-state index contributed by atoms with van der Waals surface area (Å²) in [6.45, 7) is 7.33. The fourth-order valence-corrected chi connectivity index (χ4v) is 9.00. The predicted molar refractivity (Wildman–Crippen MR) is 219 cm³/mol. The molecule has 4 aliphatic rings. The van der Waals surface area contributed by atoms with Gasteiger partial charge in [0.15, 0.2) is 11.6 Å². The first-order valence-corrected chi connectivity index (χ1v) is 21.4. The van der Waals surface area contributed by atoms with Crippen molar-refractivity contribution in [3.63, 3.8) is 0 Å². The lowest BCUT2D eigenvalue weighted by atomic mass is 9.69. The first-order valence-electron chi connectivity index (χ1n) is 21.4. The number of rotatable bonds is 17. The van der Waals surface area contributed by atoms with E-state index >= 15 is 0 Å². The van der Waals surface area contributed by atoms with E-state index in [9.17, 15) is 49.8 Å². The van der Waals surface area contributed by atoms with Gasteiger partial charge in [0.05, 0.1) is 24.4 Å². The standard InChI is InChI=1S/C46H58O14/c1-5-7-9-11-13-15-21-57-43(55)45-35(29(47)23-25(3)41(45)53)39(51)33-31(59-45)19-17-27(37(33)49)28-18-20-32-34(38(28)50)40(52)36-30(48)24-26(4)42(54)46(36,60-32)44(56)58-22-16-14-12-10-8-6-2/h17-20,25-26,41-42,49-54H,5-16,21-24H2,1-4H3/t25-,26-,41+,42+,45?,46?/m1/s1. The Labute approximate surface area is 349 Å². The number of Topliss-reactive ketones (excluding diaryl/α,β-unsaturated/α-hetero) is 2. The monoisotopic (exact) mass is 834 g/mol. The van der Waals surface area contributed by atoms with Gasteiger partial charge in [0.2, 0.25) is 0 Å². The van der Waals surface area contributed by atoms with E-state index in [1.54, 1.807) is 13.8 Å². The third-order valence-corrected chi connectivity index (χ3v) is 12.4. The van der Waals surface area contributed by atoms with Crippen LogP contribution in [0.3, 0.4) is 0 Å². The molecule has 6 rings (SSSR count). The summed E-state index contributed by atoms with van der Waals surface area (Å²) in [5.41, 5.74) is -7.10. The van der Waals surface area contributed by atoms with Crippen molar-refractivity contribution in [3.05, 3.63) is 46.5 Å². The van der Waals surface area contributed by atoms with Crippen LogP contribution in [0.15, 0.2) is 35.4 Å². The largest absolute Gasteiger partial charge is 0.506 e. The fraction of sp³-hybridized carbons (Fsp3) is 0.565. The summed E-state index contributed by atoms with van der Waals surface area (Å²) < 4.78 is 23.5. The van der Waals surface area contributed by atoms with Crippen LogP contribution in [0.4, 0.5) is 0 Å². The Kier molecular flexibility index (Phi) is 13.5. The number of phenols is 2. The van der Waals surface area contributed by atoms with Gasteiger partial charge in [0.1, 0.15) is 57.9 Å². The third-order valence-electron chi connectivity index (χ3n) is 12.4. The van der Waals surface area contributed by atoms with E-state index in [0.717, 1.165) is 64.2 Å². The fourth-order valence-electron chi connectivity index (χ4n) is 9.00. The Hall–Kier alpha value is -5.08. The second kappa shape index (κ2) is 18.3. The zero-order valence-corrected chi connectivity index (χ0v) is 34.9. The van der Waals surface area contributed by atoms with E-state index in [4.69, 9.17) is 18.9 Å². The molecule has 2 heterocycles. The van der Waals surface area contributed by atoms with E-state index < -0.39 is 104 Å². The number of esters is 2. The van der Waals surface area contributed by atoms with Gasteiger partial charge < -0.3 is 49.6 Å². The van der Waals surface area contributed by atoms with Gasteiger partial charge in [-0.2, -0.15) is 0 Å². The van der Waals surface area contributed by atoms with E-state index in [0.29, 0.717) is 12.8 Å². The maximum absolute atomic E-state index is 13.9. The number of fused-ring (bicyclic) bond motifs is 4. The van der Waals surface area contributed by atoms with Crippen LogP contribution in [0.25, 0.3) is 22.6 Å². The molecule has 0 saturated heterocycles. The van der Waals surface area contributed by atoms with E-state index in [-0.39, 0.29) is 48.7 Å². The third kappa shape index (κ3) is 7.61. The predicted octanol–water partition coefficient (Wildman–Crippen LogP) is 7.31. The quantitative estimate of drug-likeness (QED) is 0.0679. The molecule has 6 atom stereocenters. The molecule has 0 radical (unpaired) electrons. The van der Waals surface area contributed by atoms with Crippen molar-refractivity contribution in [2.75, 3.05) is 13.2 Å². The number of aliphatic hydroxyl groups excluding tert-OH is 4. The van der Waals surface area contributed by atoms with Crippen LogP contribution < -0.4 is 9.47 Å². The van der Waals surface area contributed by atoms with Crippen LogP contribution in [0, 0.1) is 11.8 Å². The lowest BCUT2D eigenvalue weighted by Gasteiger charge is -2.45. The zero-order valence-electron chi connectivity index (χ0n) is 34.9. The Bertz CT molecular complexity index is 1920. The van der Waals surface area contributed by atoms with Crippen molar-refractivity contribution in [2.24, 2.45) is 11.8 Å². The molecule has 0 bridgehead atoms. The van der Waals surface area contributed by atoms with Gasteiger partial charge in [0, 0.05) is 24.0 Å². The summed E-state index contributed by atoms with van der Waals surface area (Å²) >= 11 is 0. The molecular weight excluding hydrogens is 776 g/mol. The highest BCUT2D eigenvalue weighted by Crippen LogP contribution is 2.56. The minimum absolute atomic E-state index is 0.00808. The minimum Gasteiger partial charge on any atom is -0.506 e. The maximum atomic E-state index is 13.9. The highest BCUT2D eigenvalue weighted by atomic mass is 16.6. The Balaban J connectivity index is 1.35. The second-order valence-electron chi connectivity index (χ2n) is 16.7. The first kappa shape index (κ1) is 44.5. The van der Waals surface area contributed by atoms with Crippen molar-refractivity contribution < 1.29 is 68.8 Å². The van der Waals surface area contributed by atoms with Crippen LogP contribution in [-0.2, 0) is 28.7 Å². The van der Waals surface area contributed by atoms with Crippen molar-refractivity contribution >= 4 is 35.0 Å². The molecule has 326 valence electrons. The Morgan fingerprint density at radius 2 is 0.950 bits per heavy atom. The Morgan fingerprint density at radius 1 is 0.600 bits per heavy atom. The average molecular weight is 835 g/mol. The van der Waals surface area contributed by atoms with Gasteiger partial charge in [-0.15, -0.1) is 0 Å². The number of unbranched alkanes of at least 4 members (excludes halogenated alkanes) is 10. The highest BCUT2D eigenvalue weighted by molar-refractivity contribution is 6.14. The van der Waals surface area contributed by atoms with Gasteiger partial charge in [-0.05, 0) is 48.9 Å². The van der Waals surface area contributed by atoms with Crippen molar-refractivity contribution in [2.45, 2.75) is 141 Å². The van der Waals surface area contributed by atoms with E-state index in [1.165, 1.54) is 24.3 Å². The Morgan fingerprint density at radius 3 is 1.32 bits per heavy atom. The molecule has 0 amide bonds. The summed E-state index contributed by atoms with van der Waals surface area (Å²) in [6.07, 6.45) is 7.29. The summed E-state index contributed by atoms with van der Waals surface area (Å²) in [5.74, 6) is -8.62. The molecule has 14 heteroatoms. The lowest BCUT2D eigenvalue weighted by Crippen LogP contribution is -2.64. The molecule has 0 spiro atoms. The molecule has 6 N–H and O–H groups in total. The maximum Gasteiger partial charge on any atom is 0.358 e. The summed E-state index contributed by atoms with van der Waals surface area (Å²) in [5, 5.41) is 70.0. The number of hydrogen-bond acceptors (Lipinski definition) is 14. The molecule has 2 unspecified atom stereocenters. The molecule has 2 aliphatic carbocycles. The number of phenolic OH excluding ortho intramolecular Hbond substituents is 2. The molecular formula is C46H58O14. The number of carbonyl (C=O) groups excluding carboxylic acids is 4. The molecule has 2 aromatic rings. The molecule has 0 aromatic heterocycles. The van der Waals surface area contributed by atoms with Gasteiger partial charge in [-0.25, -0.2) is 9.59 Å². The summed E-state index contributed by atoms with van der Waals surface area (Å²) in [6, 6.07) is 5.13. The number of aromatic hydroxyl groups is 2. The number of ketones is 2. The SMILES string of the molecule is CCCCCCCCOC(=O)C12Oc3ccc(-c4ccc5c(c4O)C(O)=C4C(=O)C[C@@H](C)[C@H](O)C4(C(=O)OCCCCCCCC)O5)c(O)c3C(O)=C1C(=O)C[C@@H](C)[C@@H]2O. The summed E-state index contributed by atoms with van der Waals surface area (Å²) in [4.78, 5) is 55.0. The molecule has 60 heavy (non-hydrogen) atoms. The van der Waals surface area contributed by atoms with Crippen LogP contribution >= 0.6 is 0 Å². The van der Waals surface area contributed by atoms with Gasteiger partial charge in [-0.3, -0.25) is 9.59 Å². The molecule has 2 fully saturated rings. The van der Waals surface area contributed by atoms with E-state index in [2.05, 4.69) is 13.8 Å². The zero-order chi connectivity index (χ0) is 43.5. The normalized spacial score (nSPS) is 25.7. The van der Waals surface area contributed by atoms with Crippen LogP contribution in [0.5, 0.6) is 23.0 Å². The number of carbonyl (C=O) groups is 4. The second-order valence-corrected chi connectivity index (χ2v) is 16.7. The van der Waals surface area contributed by atoms with Gasteiger partial charge in [-0.1, -0.05) is 91.9 Å². The van der Waals surface area contributed by atoms with E-state index in [1.807, 2.05) is 0 Å². The van der Waals surface area contributed by atoms with Gasteiger partial charge in [0.25, 0.3) is 11.2 Å². The molecule has 2 aromatic carbocycles. The number of aliphatic hydroxyl groups is 4. The van der Waals surface area contributed by atoms with Crippen LogP contribution in [-0.4, -0.2) is 90.8 Å². The number of benzene rings is 2. The average Bonchev–Trinajstić information content (AvgIpc) is 3.21. The smallest absolute Gasteiger partial charge is 0.358 e. The lowest BCUT2D eigenvalue weighted by molar-refractivity contribution is -0.176. The summed E-state index contributed by atoms with van der Waals surface area (Å²) in [7, 11) is 0. The van der Waals surface area contributed by atoms with Crippen LogP contribution in [0.2, 0.25) is 0 Å². The highest BCUT2D eigenvalue weighted by Gasteiger charge is 2.64.